The molecule has 6 nitrogen and oxygen atoms in total. The van der Waals surface area contributed by atoms with Crippen molar-refractivity contribution in [2.24, 2.45) is 0 Å². The monoisotopic (exact) mass is 292 g/mol. The molecular formula is C13H16N4O2S. The number of aromatic nitrogens is 2. The predicted molar refractivity (Wildman–Crippen MR) is 77.5 cm³/mol. The van der Waals surface area contributed by atoms with Gasteiger partial charge in [0, 0.05) is 30.4 Å². The van der Waals surface area contributed by atoms with Crippen LogP contribution in [-0.2, 0) is 9.84 Å². The summed E-state index contributed by atoms with van der Waals surface area (Å²) in [5, 5.41) is 7.34. The number of nitrogens with one attached hydrogen (secondary N) is 2. The number of anilines is 1. The van der Waals surface area contributed by atoms with Gasteiger partial charge in [-0.2, -0.15) is 0 Å². The van der Waals surface area contributed by atoms with Crippen LogP contribution in [0.1, 0.15) is 6.42 Å². The predicted octanol–water partition coefficient (Wildman–Crippen LogP) is 0.807. The highest BCUT2D eigenvalue weighted by Gasteiger charge is 2.15. The Kier molecular flexibility index (Phi) is 3.31. The summed E-state index contributed by atoms with van der Waals surface area (Å²) in [7, 11) is -3.22. The number of hydrogen-bond donors (Lipinski definition) is 2. The Labute approximate surface area is 117 Å². The topological polar surface area (TPSA) is 84.0 Å². The van der Waals surface area contributed by atoms with Crippen LogP contribution in [0.3, 0.4) is 0 Å². The van der Waals surface area contributed by atoms with Crippen molar-refractivity contribution >= 4 is 26.7 Å². The minimum absolute atomic E-state index is 0.275. The van der Waals surface area contributed by atoms with E-state index in [1.165, 1.54) is 6.26 Å². The van der Waals surface area contributed by atoms with E-state index >= 15 is 0 Å². The zero-order chi connectivity index (χ0) is 14.2. The van der Waals surface area contributed by atoms with Gasteiger partial charge >= 0.3 is 0 Å². The molecule has 0 spiro atoms. The molecule has 2 heterocycles. The van der Waals surface area contributed by atoms with Crippen molar-refractivity contribution in [1.82, 2.24) is 15.3 Å². The molecule has 1 aromatic carbocycles. The Balaban J connectivity index is 1.96. The first kappa shape index (κ1) is 13.3. The fraction of sp³-hybridized carbons (Fsp3) is 0.385. The maximum Gasteiger partial charge on any atom is 0.223 e. The Morgan fingerprint density at radius 2 is 2.25 bits per heavy atom. The summed E-state index contributed by atoms with van der Waals surface area (Å²) in [4.78, 5) is 8.94. The minimum atomic E-state index is -3.22. The lowest BCUT2D eigenvalue weighted by Crippen LogP contribution is -2.23. The van der Waals surface area contributed by atoms with Crippen LogP contribution in [0.5, 0.6) is 0 Å². The van der Waals surface area contributed by atoms with E-state index < -0.39 is 9.84 Å². The van der Waals surface area contributed by atoms with E-state index in [0.717, 1.165) is 24.9 Å². The molecule has 3 rings (SSSR count). The van der Waals surface area contributed by atoms with Gasteiger partial charge in [-0.3, -0.25) is 0 Å². The molecule has 1 saturated heterocycles. The molecule has 1 aliphatic heterocycles. The average Bonchev–Trinajstić information content (AvgIpc) is 2.90. The molecule has 1 fully saturated rings. The van der Waals surface area contributed by atoms with E-state index in [4.69, 9.17) is 0 Å². The second-order valence-corrected chi connectivity index (χ2v) is 7.04. The molecule has 1 aromatic heterocycles. The molecule has 2 N–H and O–H groups in total. The normalized spacial score (nSPS) is 19.4. The molecule has 0 amide bonds. The van der Waals surface area contributed by atoms with Crippen molar-refractivity contribution in [3.63, 3.8) is 0 Å². The third kappa shape index (κ3) is 2.73. The zero-order valence-corrected chi connectivity index (χ0v) is 11.9. The van der Waals surface area contributed by atoms with Gasteiger partial charge in [0.1, 0.15) is 0 Å². The van der Waals surface area contributed by atoms with E-state index in [1.807, 2.05) is 0 Å². The van der Waals surface area contributed by atoms with Crippen molar-refractivity contribution in [3.05, 3.63) is 24.4 Å². The van der Waals surface area contributed by atoms with Crippen LogP contribution in [0, 0.1) is 0 Å². The summed E-state index contributed by atoms with van der Waals surface area (Å²) in [6.45, 7) is 1.88. The number of nitrogens with zero attached hydrogens (tertiary/aromatic N) is 2. The molecule has 1 atom stereocenters. The van der Waals surface area contributed by atoms with Crippen molar-refractivity contribution < 1.29 is 8.42 Å². The lowest BCUT2D eigenvalue weighted by atomic mass is 10.2. The van der Waals surface area contributed by atoms with Crippen molar-refractivity contribution in [2.75, 3.05) is 24.7 Å². The second kappa shape index (κ2) is 4.99. The summed E-state index contributed by atoms with van der Waals surface area (Å²) >= 11 is 0. The van der Waals surface area contributed by atoms with Gasteiger partial charge in [0.05, 0.1) is 10.4 Å². The Hall–Kier alpha value is -1.73. The first-order valence-electron chi connectivity index (χ1n) is 6.46. The van der Waals surface area contributed by atoms with Crippen molar-refractivity contribution in [3.8, 4) is 0 Å². The molecule has 1 aliphatic rings. The molecule has 106 valence electrons. The third-order valence-electron chi connectivity index (χ3n) is 3.38. The maximum absolute atomic E-state index is 11.6. The Morgan fingerprint density at radius 3 is 2.95 bits per heavy atom. The molecule has 2 aromatic rings. The van der Waals surface area contributed by atoms with Crippen LogP contribution < -0.4 is 10.6 Å². The van der Waals surface area contributed by atoms with E-state index in [1.54, 1.807) is 24.4 Å². The van der Waals surface area contributed by atoms with Gasteiger partial charge in [-0.25, -0.2) is 18.4 Å². The summed E-state index contributed by atoms with van der Waals surface area (Å²) in [6, 6.07) is 5.22. The number of rotatable bonds is 3. The van der Waals surface area contributed by atoms with Gasteiger partial charge in [-0.1, -0.05) is 0 Å². The van der Waals surface area contributed by atoms with Crippen molar-refractivity contribution in [1.29, 1.82) is 0 Å². The number of hydrogen-bond acceptors (Lipinski definition) is 6. The second-order valence-electron chi connectivity index (χ2n) is 5.02. The van der Waals surface area contributed by atoms with E-state index in [2.05, 4.69) is 20.6 Å². The van der Waals surface area contributed by atoms with Gasteiger partial charge < -0.3 is 10.6 Å². The quantitative estimate of drug-likeness (QED) is 0.871. The van der Waals surface area contributed by atoms with Crippen LogP contribution in [0.15, 0.2) is 29.3 Å². The zero-order valence-electron chi connectivity index (χ0n) is 11.1. The first-order chi connectivity index (χ1) is 9.52. The SMILES string of the molecule is CS(=O)(=O)c1ccc2cnc(NC3CCNC3)nc2c1. The van der Waals surface area contributed by atoms with Crippen molar-refractivity contribution in [2.45, 2.75) is 17.4 Å². The number of fused-ring (bicyclic) bond motifs is 1. The van der Waals surface area contributed by atoms with Crippen LogP contribution in [0.25, 0.3) is 10.9 Å². The fourth-order valence-electron chi connectivity index (χ4n) is 2.26. The molecule has 7 heteroatoms. The maximum atomic E-state index is 11.6. The minimum Gasteiger partial charge on any atom is -0.350 e. The van der Waals surface area contributed by atoms with Gasteiger partial charge in [0.25, 0.3) is 0 Å². The molecule has 0 aliphatic carbocycles. The number of benzene rings is 1. The number of sulfone groups is 1. The summed E-state index contributed by atoms with van der Waals surface area (Å²) in [5.41, 5.74) is 0.636. The van der Waals surface area contributed by atoms with Gasteiger partial charge in [0.2, 0.25) is 5.95 Å². The van der Waals surface area contributed by atoms with Crippen LogP contribution >= 0.6 is 0 Å². The van der Waals surface area contributed by atoms with Gasteiger partial charge in [-0.05, 0) is 31.2 Å². The van der Waals surface area contributed by atoms with E-state index in [9.17, 15) is 8.42 Å². The highest BCUT2D eigenvalue weighted by molar-refractivity contribution is 7.90. The molecule has 0 saturated carbocycles. The molecule has 1 unspecified atom stereocenters. The Morgan fingerprint density at radius 1 is 1.40 bits per heavy atom. The Bertz CT molecular complexity index is 739. The summed E-state index contributed by atoms with van der Waals surface area (Å²) in [5.74, 6) is 0.539. The van der Waals surface area contributed by atoms with Gasteiger partial charge in [0.15, 0.2) is 9.84 Å². The largest absolute Gasteiger partial charge is 0.350 e. The smallest absolute Gasteiger partial charge is 0.223 e. The highest BCUT2D eigenvalue weighted by Crippen LogP contribution is 2.18. The summed E-state index contributed by atoms with van der Waals surface area (Å²) < 4.78 is 23.1. The van der Waals surface area contributed by atoms with Crippen LogP contribution in [-0.4, -0.2) is 43.8 Å². The molecule has 0 radical (unpaired) electrons. The van der Waals surface area contributed by atoms with Crippen LogP contribution in [0.4, 0.5) is 5.95 Å². The first-order valence-corrected chi connectivity index (χ1v) is 8.36. The molecule has 20 heavy (non-hydrogen) atoms. The fourth-order valence-corrected chi connectivity index (χ4v) is 2.90. The highest BCUT2D eigenvalue weighted by atomic mass is 32.2. The van der Waals surface area contributed by atoms with Gasteiger partial charge in [-0.15, -0.1) is 0 Å². The van der Waals surface area contributed by atoms with Crippen LogP contribution in [0.2, 0.25) is 0 Å². The van der Waals surface area contributed by atoms with E-state index in [0.29, 0.717) is 17.5 Å². The summed E-state index contributed by atoms with van der Waals surface area (Å²) in [6.07, 6.45) is 3.93. The standard InChI is InChI=1S/C13H16N4O2S/c1-20(18,19)11-3-2-9-7-15-13(17-12(9)6-11)16-10-4-5-14-8-10/h2-3,6-7,10,14H,4-5,8H2,1H3,(H,15,16,17). The molecular weight excluding hydrogens is 276 g/mol. The lowest BCUT2D eigenvalue weighted by molar-refractivity contribution is 0.602. The lowest BCUT2D eigenvalue weighted by Gasteiger charge is -2.11. The van der Waals surface area contributed by atoms with E-state index in [-0.39, 0.29) is 4.90 Å². The average molecular weight is 292 g/mol. The third-order valence-corrected chi connectivity index (χ3v) is 4.49. The molecule has 0 bridgehead atoms.